The van der Waals surface area contributed by atoms with Crippen molar-refractivity contribution in [1.82, 2.24) is 15.5 Å². The maximum absolute atomic E-state index is 11.8. The summed E-state index contributed by atoms with van der Waals surface area (Å²) >= 11 is 0. The van der Waals surface area contributed by atoms with Crippen LogP contribution < -0.4 is 10.6 Å². The third-order valence-electron chi connectivity index (χ3n) is 3.30. The first kappa shape index (κ1) is 13.5. The minimum absolute atomic E-state index is 0.0370. The lowest BCUT2D eigenvalue weighted by molar-refractivity contribution is -0.123. The predicted octanol–water partition coefficient (Wildman–Crippen LogP) is 0.441. The molecule has 4 nitrogen and oxygen atoms in total. The van der Waals surface area contributed by atoms with Crippen molar-refractivity contribution < 1.29 is 4.79 Å². The van der Waals surface area contributed by atoms with Crippen LogP contribution >= 0.6 is 0 Å². The highest BCUT2D eigenvalue weighted by Gasteiger charge is 2.23. The summed E-state index contributed by atoms with van der Waals surface area (Å²) in [5, 5.41) is 6.26. The van der Waals surface area contributed by atoms with Gasteiger partial charge >= 0.3 is 0 Å². The van der Waals surface area contributed by atoms with E-state index in [2.05, 4.69) is 43.5 Å². The van der Waals surface area contributed by atoms with Crippen molar-refractivity contribution >= 4 is 5.91 Å². The van der Waals surface area contributed by atoms with Crippen LogP contribution in [-0.2, 0) is 4.79 Å². The summed E-state index contributed by atoms with van der Waals surface area (Å²) in [5.41, 5.74) is 0. The van der Waals surface area contributed by atoms with E-state index in [4.69, 9.17) is 0 Å². The van der Waals surface area contributed by atoms with Gasteiger partial charge in [0.2, 0.25) is 5.91 Å². The van der Waals surface area contributed by atoms with Gasteiger partial charge in [-0.2, -0.15) is 0 Å². The van der Waals surface area contributed by atoms with Crippen LogP contribution in [0.25, 0.3) is 0 Å². The standard InChI is InChI=1S/C12H25N3O/c1-9(2)11(15(3)4)8-14-12(16)10-6-5-7-13-10/h9-11,13H,5-8H2,1-4H3,(H,14,16)/t10-,11?/m0/s1. The van der Waals surface area contributed by atoms with Crippen LogP contribution in [0.5, 0.6) is 0 Å². The molecule has 0 aliphatic carbocycles. The Hall–Kier alpha value is -0.610. The van der Waals surface area contributed by atoms with E-state index >= 15 is 0 Å². The highest BCUT2D eigenvalue weighted by molar-refractivity contribution is 5.82. The zero-order chi connectivity index (χ0) is 12.1. The molecule has 0 aromatic carbocycles. The SMILES string of the molecule is CC(C)C(CNC(=O)[C@@H]1CCCN1)N(C)C. The first-order valence-electron chi connectivity index (χ1n) is 6.20. The quantitative estimate of drug-likeness (QED) is 0.716. The van der Waals surface area contributed by atoms with Gasteiger partial charge in [-0.1, -0.05) is 13.8 Å². The maximum atomic E-state index is 11.8. The number of rotatable bonds is 5. The van der Waals surface area contributed by atoms with Gasteiger partial charge in [-0.15, -0.1) is 0 Å². The third kappa shape index (κ3) is 3.76. The number of likely N-dealkylation sites (N-methyl/N-ethyl adjacent to an activating group) is 1. The molecule has 2 N–H and O–H groups in total. The molecule has 1 rings (SSSR count). The van der Waals surface area contributed by atoms with E-state index in [0.717, 1.165) is 25.9 Å². The second-order valence-corrected chi connectivity index (χ2v) is 5.17. The minimum Gasteiger partial charge on any atom is -0.353 e. The molecule has 1 unspecified atom stereocenters. The molecule has 0 aromatic rings. The Morgan fingerprint density at radius 2 is 2.19 bits per heavy atom. The lowest BCUT2D eigenvalue weighted by atomic mass is 10.0. The molecular formula is C12H25N3O. The van der Waals surface area contributed by atoms with Gasteiger partial charge in [-0.05, 0) is 39.4 Å². The summed E-state index contributed by atoms with van der Waals surface area (Å²) in [5.74, 6) is 0.705. The summed E-state index contributed by atoms with van der Waals surface area (Å²) in [6.07, 6.45) is 2.08. The normalized spacial score (nSPS) is 22.8. The zero-order valence-corrected chi connectivity index (χ0v) is 10.9. The van der Waals surface area contributed by atoms with Gasteiger partial charge < -0.3 is 15.5 Å². The first-order chi connectivity index (χ1) is 7.52. The van der Waals surface area contributed by atoms with Crippen LogP contribution in [-0.4, -0.2) is 50.1 Å². The van der Waals surface area contributed by atoms with E-state index in [1.54, 1.807) is 0 Å². The number of nitrogens with zero attached hydrogens (tertiary/aromatic N) is 1. The second-order valence-electron chi connectivity index (χ2n) is 5.17. The van der Waals surface area contributed by atoms with Crippen LogP contribution in [0.3, 0.4) is 0 Å². The molecular weight excluding hydrogens is 202 g/mol. The summed E-state index contributed by atoms with van der Waals surface area (Å²) in [4.78, 5) is 14.0. The van der Waals surface area contributed by atoms with Gasteiger partial charge in [0, 0.05) is 12.6 Å². The lowest BCUT2D eigenvalue weighted by Gasteiger charge is -2.28. The zero-order valence-electron chi connectivity index (χ0n) is 10.9. The van der Waals surface area contributed by atoms with Gasteiger partial charge in [0.15, 0.2) is 0 Å². The fourth-order valence-corrected chi connectivity index (χ4v) is 2.25. The van der Waals surface area contributed by atoms with E-state index in [1.807, 2.05) is 0 Å². The van der Waals surface area contributed by atoms with E-state index in [-0.39, 0.29) is 11.9 Å². The highest BCUT2D eigenvalue weighted by atomic mass is 16.2. The van der Waals surface area contributed by atoms with Crippen molar-refractivity contribution in [3.8, 4) is 0 Å². The Labute approximate surface area is 98.8 Å². The molecule has 2 atom stereocenters. The van der Waals surface area contributed by atoms with Gasteiger partial charge in [0.05, 0.1) is 6.04 Å². The van der Waals surface area contributed by atoms with Crippen LogP contribution in [0.4, 0.5) is 0 Å². The van der Waals surface area contributed by atoms with Crippen LogP contribution in [0, 0.1) is 5.92 Å². The molecule has 1 saturated heterocycles. The third-order valence-corrected chi connectivity index (χ3v) is 3.30. The van der Waals surface area contributed by atoms with Crippen LogP contribution in [0.1, 0.15) is 26.7 Å². The lowest BCUT2D eigenvalue weighted by Crippen LogP contribution is -2.47. The number of carbonyl (C=O) groups is 1. The largest absolute Gasteiger partial charge is 0.353 e. The maximum Gasteiger partial charge on any atom is 0.237 e. The van der Waals surface area contributed by atoms with Crippen molar-refractivity contribution in [1.29, 1.82) is 0 Å². The van der Waals surface area contributed by atoms with Gasteiger partial charge in [0.1, 0.15) is 0 Å². The van der Waals surface area contributed by atoms with E-state index in [1.165, 1.54) is 0 Å². The van der Waals surface area contributed by atoms with Crippen molar-refractivity contribution in [2.45, 2.75) is 38.8 Å². The smallest absolute Gasteiger partial charge is 0.237 e. The van der Waals surface area contributed by atoms with E-state index in [0.29, 0.717) is 12.0 Å². The Balaban J connectivity index is 2.33. The Kier molecular flexibility index (Phi) is 5.22. The second kappa shape index (κ2) is 6.21. The molecule has 0 spiro atoms. The number of nitrogens with one attached hydrogen (secondary N) is 2. The number of hydrogen-bond acceptors (Lipinski definition) is 3. The van der Waals surface area contributed by atoms with Gasteiger partial charge in [0.25, 0.3) is 0 Å². The molecule has 0 bridgehead atoms. The fourth-order valence-electron chi connectivity index (χ4n) is 2.25. The molecule has 0 radical (unpaired) electrons. The Morgan fingerprint density at radius 1 is 1.50 bits per heavy atom. The van der Waals surface area contributed by atoms with Crippen molar-refractivity contribution in [2.24, 2.45) is 5.92 Å². The highest BCUT2D eigenvalue weighted by Crippen LogP contribution is 2.08. The molecule has 1 aliphatic heterocycles. The van der Waals surface area contributed by atoms with Gasteiger partial charge in [-0.3, -0.25) is 4.79 Å². The molecule has 0 saturated carbocycles. The summed E-state index contributed by atoms with van der Waals surface area (Å²) in [6, 6.07) is 0.445. The van der Waals surface area contributed by atoms with Crippen molar-refractivity contribution in [3.63, 3.8) is 0 Å². The van der Waals surface area contributed by atoms with Crippen LogP contribution in [0.2, 0.25) is 0 Å². The molecule has 0 aromatic heterocycles. The average Bonchev–Trinajstić information content (AvgIpc) is 2.69. The van der Waals surface area contributed by atoms with E-state index in [9.17, 15) is 4.79 Å². The summed E-state index contributed by atoms with van der Waals surface area (Å²) in [7, 11) is 4.12. The van der Waals surface area contributed by atoms with E-state index < -0.39 is 0 Å². The average molecular weight is 227 g/mol. The number of amides is 1. The molecule has 1 aliphatic rings. The summed E-state index contributed by atoms with van der Waals surface area (Å²) < 4.78 is 0. The molecule has 94 valence electrons. The van der Waals surface area contributed by atoms with Crippen molar-refractivity contribution in [2.75, 3.05) is 27.2 Å². The summed E-state index contributed by atoms with van der Waals surface area (Å²) in [6.45, 7) is 6.08. The van der Waals surface area contributed by atoms with Crippen molar-refractivity contribution in [3.05, 3.63) is 0 Å². The number of hydrogen-bond donors (Lipinski definition) is 2. The van der Waals surface area contributed by atoms with Crippen LogP contribution in [0.15, 0.2) is 0 Å². The molecule has 1 fully saturated rings. The Bertz CT molecular complexity index is 214. The molecule has 16 heavy (non-hydrogen) atoms. The Morgan fingerprint density at radius 3 is 2.62 bits per heavy atom. The monoisotopic (exact) mass is 227 g/mol. The first-order valence-corrected chi connectivity index (χ1v) is 6.20. The molecule has 4 heteroatoms. The minimum atomic E-state index is 0.0370. The number of carbonyl (C=O) groups excluding carboxylic acids is 1. The van der Waals surface area contributed by atoms with Gasteiger partial charge in [-0.25, -0.2) is 0 Å². The predicted molar refractivity (Wildman–Crippen MR) is 66.3 cm³/mol. The topological polar surface area (TPSA) is 44.4 Å². The molecule has 1 amide bonds. The fraction of sp³-hybridized carbons (Fsp3) is 0.917. The molecule has 1 heterocycles.